The van der Waals surface area contributed by atoms with Crippen molar-refractivity contribution in [2.24, 2.45) is 0 Å². The maximum Gasteiger partial charge on any atom is 0.0980 e. The highest BCUT2D eigenvalue weighted by molar-refractivity contribution is 6.31. The summed E-state index contributed by atoms with van der Waals surface area (Å²) < 4.78 is 4.96. The molecule has 0 bridgehead atoms. The largest absolute Gasteiger partial charge is 0.472 e. The zero-order valence-electron chi connectivity index (χ0n) is 6.83. The molecule has 0 aliphatic carbocycles. The van der Waals surface area contributed by atoms with Crippen molar-refractivity contribution in [3.05, 3.63) is 41.8 Å². The molecule has 0 saturated carbocycles. The Morgan fingerprint density at radius 1 is 1.15 bits per heavy atom. The van der Waals surface area contributed by atoms with Crippen LogP contribution in [0.2, 0.25) is 5.02 Å². The minimum atomic E-state index is 0.635. The van der Waals surface area contributed by atoms with Crippen LogP contribution in [-0.4, -0.2) is 0 Å². The predicted molar refractivity (Wildman–Crippen MR) is 53.6 cm³/mol. The number of nitrogen functional groups attached to an aromatic ring is 1. The van der Waals surface area contributed by atoms with Crippen molar-refractivity contribution < 1.29 is 4.42 Å². The van der Waals surface area contributed by atoms with Crippen molar-refractivity contribution in [2.45, 2.75) is 0 Å². The van der Waals surface area contributed by atoms with Gasteiger partial charge < -0.3 is 10.2 Å². The standard InChI is InChI=1S/C10H8ClNO/c11-9-3-8(4-10(12)5-9)7-1-2-13-6-7/h1-6H,12H2. The first-order valence-corrected chi connectivity index (χ1v) is 4.22. The predicted octanol–water partition coefficient (Wildman–Crippen LogP) is 3.18. The van der Waals surface area contributed by atoms with Crippen LogP contribution in [0.4, 0.5) is 5.69 Å². The first-order chi connectivity index (χ1) is 6.25. The van der Waals surface area contributed by atoms with E-state index < -0.39 is 0 Å². The van der Waals surface area contributed by atoms with E-state index in [4.69, 9.17) is 21.8 Å². The molecule has 1 aromatic heterocycles. The van der Waals surface area contributed by atoms with Crippen molar-refractivity contribution >= 4 is 17.3 Å². The topological polar surface area (TPSA) is 39.2 Å². The first kappa shape index (κ1) is 8.20. The van der Waals surface area contributed by atoms with Crippen LogP contribution in [0.15, 0.2) is 41.2 Å². The Morgan fingerprint density at radius 3 is 2.62 bits per heavy atom. The van der Waals surface area contributed by atoms with Crippen molar-refractivity contribution in [2.75, 3.05) is 5.73 Å². The van der Waals surface area contributed by atoms with Crippen molar-refractivity contribution in [3.8, 4) is 11.1 Å². The van der Waals surface area contributed by atoms with Gasteiger partial charge in [-0.05, 0) is 29.8 Å². The number of hydrogen-bond donors (Lipinski definition) is 1. The Kier molecular flexibility index (Phi) is 1.99. The zero-order valence-corrected chi connectivity index (χ0v) is 7.58. The van der Waals surface area contributed by atoms with E-state index in [9.17, 15) is 0 Å². The van der Waals surface area contributed by atoms with Gasteiger partial charge in [0.25, 0.3) is 0 Å². The summed E-state index contributed by atoms with van der Waals surface area (Å²) in [5.41, 5.74) is 8.26. The van der Waals surface area contributed by atoms with E-state index in [2.05, 4.69) is 0 Å². The van der Waals surface area contributed by atoms with Crippen molar-refractivity contribution in [1.29, 1.82) is 0 Å². The lowest BCUT2D eigenvalue weighted by Gasteiger charge is -2.00. The van der Waals surface area contributed by atoms with Gasteiger partial charge in [-0.1, -0.05) is 11.6 Å². The molecule has 1 heterocycles. The van der Waals surface area contributed by atoms with Gasteiger partial charge in [-0.2, -0.15) is 0 Å². The van der Waals surface area contributed by atoms with E-state index in [1.807, 2.05) is 18.2 Å². The van der Waals surface area contributed by atoms with Crippen molar-refractivity contribution in [3.63, 3.8) is 0 Å². The normalized spacial score (nSPS) is 10.2. The molecule has 0 unspecified atom stereocenters. The average molecular weight is 194 g/mol. The lowest BCUT2D eigenvalue weighted by atomic mass is 10.1. The summed E-state index contributed by atoms with van der Waals surface area (Å²) in [6.45, 7) is 0. The van der Waals surface area contributed by atoms with Crippen LogP contribution in [0.1, 0.15) is 0 Å². The second-order valence-electron chi connectivity index (χ2n) is 2.79. The van der Waals surface area contributed by atoms with E-state index in [0.29, 0.717) is 10.7 Å². The molecule has 0 aliphatic rings. The molecule has 0 fully saturated rings. The molecule has 0 amide bonds. The molecule has 2 rings (SSSR count). The number of benzene rings is 1. The summed E-state index contributed by atoms with van der Waals surface area (Å²) in [5.74, 6) is 0. The van der Waals surface area contributed by atoms with Gasteiger partial charge in [0.05, 0.1) is 12.5 Å². The summed E-state index contributed by atoms with van der Waals surface area (Å²) in [5, 5.41) is 0.635. The third-order valence-electron chi connectivity index (χ3n) is 1.77. The summed E-state index contributed by atoms with van der Waals surface area (Å²) in [4.78, 5) is 0. The number of halogens is 1. The Labute approximate surface area is 80.9 Å². The molecule has 1 aromatic carbocycles. The molecule has 13 heavy (non-hydrogen) atoms. The molecule has 2 nitrogen and oxygen atoms in total. The molecule has 66 valence electrons. The Hall–Kier alpha value is -1.41. The highest BCUT2D eigenvalue weighted by Gasteiger charge is 2.01. The summed E-state index contributed by atoms with van der Waals surface area (Å²) >= 11 is 5.86. The van der Waals surface area contributed by atoms with Gasteiger partial charge in [-0.3, -0.25) is 0 Å². The van der Waals surface area contributed by atoms with Crippen LogP contribution in [-0.2, 0) is 0 Å². The number of nitrogens with two attached hydrogens (primary N) is 1. The monoisotopic (exact) mass is 193 g/mol. The van der Waals surface area contributed by atoms with E-state index in [1.54, 1.807) is 18.6 Å². The lowest BCUT2D eigenvalue weighted by molar-refractivity contribution is 0.568. The van der Waals surface area contributed by atoms with Gasteiger partial charge in [-0.15, -0.1) is 0 Å². The van der Waals surface area contributed by atoms with Crippen molar-refractivity contribution in [1.82, 2.24) is 0 Å². The van der Waals surface area contributed by atoms with E-state index in [1.165, 1.54) is 0 Å². The average Bonchev–Trinajstić information content (AvgIpc) is 2.53. The maximum absolute atomic E-state index is 5.86. The smallest absolute Gasteiger partial charge is 0.0980 e. The van der Waals surface area contributed by atoms with E-state index in [0.717, 1.165) is 11.1 Å². The number of hydrogen-bond acceptors (Lipinski definition) is 2. The molecule has 3 heteroatoms. The second-order valence-corrected chi connectivity index (χ2v) is 3.22. The van der Waals surface area contributed by atoms with Crippen LogP contribution >= 0.6 is 11.6 Å². The lowest BCUT2D eigenvalue weighted by Crippen LogP contribution is -1.85. The fourth-order valence-electron chi connectivity index (χ4n) is 1.21. The molecule has 2 aromatic rings. The molecule has 2 N–H and O–H groups in total. The van der Waals surface area contributed by atoms with Crippen LogP contribution < -0.4 is 5.73 Å². The van der Waals surface area contributed by atoms with Gasteiger partial charge >= 0.3 is 0 Å². The van der Waals surface area contributed by atoms with E-state index >= 15 is 0 Å². The zero-order chi connectivity index (χ0) is 9.26. The summed E-state index contributed by atoms with van der Waals surface area (Å²) in [7, 11) is 0. The van der Waals surface area contributed by atoms with Crippen LogP contribution in [0.25, 0.3) is 11.1 Å². The molecule has 0 spiro atoms. The third-order valence-corrected chi connectivity index (χ3v) is 1.99. The van der Waals surface area contributed by atoms with Crippen LogP contribution in [0.5, 0.6) is 0 Å². The molecule has 0 radical (unpaired) electrons. The van der Waals surface area contributed by atoms with E-state index in [-0.39, 0.29) is 0 Å². The highest BCUT2D eigenvalue weighted by atomic mass is 35.5. The number of anilines is 1. The molecule has 0 saturated heterocycles. The second kappa shape index (κ2) is 3.15. The van der Waals surface area contributed by atoms with Crippen LogP contribution in [0, 0.1) is 0 Å². The fourth-order valence-corrected chi connectivity index (χ4v) is 1.45. The Bertz CT molecular complexity index is 389. The molecular weight excluding hydrogens is 186 g/mol. The molecule has 0 aliphatic heterocycles. The van der Waals surface area contributed by atoms with Gasteiger partial charge in [0.15, 0.2) is 0 Å². The molecule has 0 atom stereocenters. The number of rotatable bonds is 1. The summed E-state index contributed by atoms with van der Waals surface area (Å²) in [6.07, 6.45) is 3.28. The minimum absolute atomic E-state index is 0.635. The van der Waals surface area contributed by atoms with Gasteiger partial charge in [0, 0.05) is 16.3 Å². The minimum Gasteiger partial charge on any atom is -0.472 e. The quantitative estimate of drug-likeness (QED) is 0.707. The maximum atomic E-state index is 5.86. The van der Waals surface area contributed by atoms with Gasteiger partial charge in [0.2, 0.25) is 0 Å². The fraction of sp³-hybridized carbons (Fsp3) is 0. The SMILES string of the molecule is Nc1cc(Cl)cc(-c2ccoc2)c1. The van der Waals surface area contributed by atoms with Gasteiger partial charge in [-0.25, -0.2) is 0 Å². The van der Waals surface area contributed by atoms with Gasteiger partial charge in [0.1, 0.15) is 0 Å². The Balaban J connectivity index is 2.53. The molecular formula is C10H8ClNO. The summed E-state index contributed by atoms with van der Waals surface area (Å²) in [6, 6.07) is 7.29. The number of furan rings is 1. The third kappa shape index (κ3) is 1.68. The Morgan fingerprint density at radius 2 is 2.00 bits per heavy atom. The first-order valence-electron chi connectivity index (χ1n) is 3.84. The van der Waals surface area contributed by atoms with Crippen LogP contribution in [0.3, 0.4) is 0 Å². The highest BCUT2D eigenvalue weighted by Crippen LogP contribution is 2.25.